The van der Waals surface area contributed by atoms with Crippen molar-refractivity contribution in [3.05, 3.63) is 57.1 Å². The summed E-state index contributed by atoms with van der Waals surface area (Å²) in [7, 11) is 2.77. The molecule has 0 aliphatic rings. The average Bonchev–Trinajstić information content (AvgIpc) is 2.67. The Hall–Kier alpha value is -3.62. The Morgan fingerprint density at radius 3 is 2.18 bits per heavy atom. The first-order valence-electron chi connectivity index (χ1n) is 8.22. The lowest BCUT2D eigenvalue weighted by Gasteiger charge is -2.13. The molecule has 9 nitrogen and oxygen atoms in total. The molecule has 0 bridgehead atoms. The number of nitrogens with zero attached hydrogens (tertiary/aromatic N) is 1. The van der Waals surface area contributed by atoms with Gasteiger partial charge in [-0.25, -0.2) is 4.79 Å². The average molecular weight is 388 g/mol. The number of ether oxygens (including phenoxy) is 3. The number of benzene rings is 2. The number of nitrogens with one attached hydrogen (secondary N) is 1. The standard InChI is InChI=1S/C19H20N2O7/c1-11-8-13(14(21(24)25)9-12(11)2)20-17(22)10-28-19(23)18-15(26-3)6-5-7-16(18)27-4/h5-9H,10H2,1-4H3,(H,20,22). The van der Waals surface area contributed by atoms with Crippen molar-refractivity contribution in [2.24, 2.45) is 0 Å². The summed E-state index contributed by atoms with van der Waals surface area (Å²) in [4.78, 5) is 35.1. The monoisotopic (exact) mass is 388 g/mol. The highest BCUT2D eigenvalue weighted by atomic mass is 16.6. The highest BCUT2D eigenvalue weighted by Gasteiger charge is 2.22. The number of rotatable bonds is 7. The van der Waals surface area contributed by atoms with Gasteiger partial charge in [-0.2, -0.15) is 0 Å². The Morgan fingerprint density at radius 2 is 1.64 bits per heavy atom. The molecule has 9 heteroatoms. The Labute approximate surface area is 161 Å². The van der Waals surface area contributed by atoms with Gasteiger partial charge in [0.2, 0.25) is 0 Å². The molecule has 0 aliphatic carbocycles. The molecule has 148 valence electrons. The van der Waals surface area contributed by atoms with Crippen LogP contribution in [-0.2, 0) is 9.53 Å². The number of carbonyl (C=O) groups excluding carboxylic acids is 2. The molecule has 0 unspecified atom stereocenters. The molecule has 0 atom stereocenters. The van der Waals surface area contributed by atoms with Crippen LogP contribution in [0.1, 0.15) is 21.5 Å². The molecule has 0 saturated heterocycles. The predicted octanol–water partition coefficient (Wildman–Crippen LogP) is 3.02. The Morgan fingerprint density at radius 1 is 1.07 bits per heavy atom. The third-order valence-corrected chi connectivity index (χ3v) is 4.05. The first-order valence-corrected chi connectivity index (χ1v) is 8.22. The van der Waals surface area contributed by atoms with Crippen LogP contribution in [0.4, 0.5) is 11.4 Å². The van der Waals surface area contributed by atoms with Crippen molar-refractivity contribution in [1.29, 1.82) is 0 Å². The summed E-state index contributed by atoms with van der Waals surface area (Å²) in [5.41, 5.74) is 1.33. The fourth-order valence-electron chi connectivity index (χ4n) is 2.49. The van der Waals surface area contributed by atoms with E-state index in [1.807, 2.05) is 0 Å². The van der Waals surface area contributed by atoms with Crippen LogP contribution in [0, 0.1) is 24.0 Å². The second kappa shape index (κ2) is 8.85. The van der Waals surface area contributed by atoms with Gasteiger partial charge in [0.25, 0.3) is 11.6 Å². The number of hydrogen-bond acceptors (Lipinski definition) is 7. The van der Waals surface area contributed by atoms with Crippen LogP contribution in [0.5, 0.6) is 11.5 Å². The van der Waals surface area contributed by atoms with Gasteiger partial charge in [-0.05, 0) is 43.2 Å². The summed E-state index contributed by atoms with van der Waals surface area (Å²) in [6.45, 7) is 2.86. The van der Waals surface area contributed by atoms with Gasteiger partial charge >= 0.3 is 5.97 Å². The largest absolute Gasteiger partial charge is 0.496 e. The molecule has 0 aliphatic heterocycles. The Bertz CT molecular complexity index is 902. The quantitative estimate of drug-likeness (QED) is 0.440. The number of nitro groups is 1. The van der Waals surface area contributed by atoms with Crippen molar-refractivity contribution in [3.8, 4) is 11.5 Å². The van der Waals surface area contributed by atoms with E-state index >= 15 is 0 Å². The first-order chi connectivity index (χ1) is 13.3. The van der Waals surface area contributed by atoms with Crippen LogP contribution in [-0.4, -0.2) is 37.6 Å². The van der Waals surface area contributed by atoms with E-state index in [1.54, 1.807) is 32.0 Å². The van der Waals surface area contributed by atoms with Crippen LogP contribution in [0.25, 0.3) is 0 Å². The van der Waals surface area contributed by atoms with Crippen molar-refractivity contribution >= 4 is 23.3 Å². The lowest BCUT2D eigenvalue weighted by Crippen LogP contribution is -2.22. The molecule has 0 fully saturated rings. The first kappa shape index (κ1) is 20.7. The number of nitro benzene ring substituents is 1. The molecule has 1 amide bonds. The lowest BCUT2D eigenvalue weighted by molar-refractivity contribution is -0.384. The number of aryl methyl sites for hydroxylation is 2. The van der Waals surface area contributed by atoms with Gasteiger partial charge in [0.15, 0.2) is 6.61 Å². The van der Waals surface area contributed by atoms with Crippen molar-refractivity contribution in [3.63, 3.8) is 0 Å². The molecule has 1 N–H and O–H groups in total. The second-order valence-corrected chi connectivity index (χ2v) is 5.87. The summed E-state index contributed by atoms with van der Waals surface area (Å²) < 4.78 is 15.3. The minimum absolute atomic E-state index is 0.0315. The molecule has 0 saturated carbocycles. The molecular formula is C19H20N2O7. The van der Waals surface area contributed by atoms with Crippen LogP contribution < -0.4 is 14.8 Å². The second-order valence-electron chi connectivity index (χ2n) is 5.87. The van der Waals surface area contributed by atoms with Gasteiger partial charge in [-0.3, -0.25) is 14.9 Å². The van der Waals surface area contributed by atoms with Gasteiger partial charge in [-0.1, -0.05) is 6.07 Å². The highest BCUT2D eigenvalue weighted by molar-refractivity contribution is 5.99. The lowest BCUT2D eigenvalue weighted by atomic mass is 10.1. The fourth-order valence-corrected chi connectivity index (χ4v) is 2.49. The normalized spacial score (nSPS) is 10.1. The summed E-state index contributed by atoms with van der Waals surface area (Å²) in [5, 5.41) is 13.6. The van der Waals surface area contributed by atoms with Gasteiger partial charge < -0.3 is 19.5 Å². The van der Waals surface area contributed by atoms with Crippen LogP contribution >= 0.6 is 0 Å². The zero-order valence-corrected chi connectivity index (χ0v) is 15.9. The zero-order chi connectivity index (χ0) is 20.8. The Balaban J connectivity index is 2.13. The fraction of sp³-hybridized carbons (Fsp3) is 0.263. The molecular weight excluding hydrogens is 368 g/mol. The third-order valence-electron chi connectivity index (χ3n) is 4.05. The summed E-state index contributed by atoms with van der Waals surface area (Å²) >= 11 is 0. The van der Waals surface area contributed by atoms with Crippen molar-refractivity contribution < 1.29 is 28.7 Å². The number of carbonyl (C=O) groups is 2. The molecule has 0 heterocycles. The van der Waals surface area contributed by atoms with Crippen molar-refractivity contribution in [1.82, 2.24) is 0 Å². The number of esters is 1. The third kappa shape index (κ3) is 4.56. The Kier molecular flexibility index (Phi) is 6.54. The number of anilines is 1. The van der Waals surface area contributed by atoms with E-state index in [0.717, 1.165) is 11.1 Å². The number of hydrogen-bond donors (Lipinski definition) is 1. The topological polar surface area (TPSA) is 117 Å². The van der Waals surface area contributed by atoms with E-state index in [2.05, 4.69) is 5.32 Å². The van der Waals surface area contributed by atoms with Crippen molar-refractivity contribution in [2.75, 3.05) is 26.1 Å². The molecule has 2 aromatic rings. The van der Waals surface area contributed by atoms with E-state index in [4.69, 9.17) is 14.2 Å². The van der Waals surface area contributed by atoms with Gasteiger partial charge in [0.05, 0.1) is 19.1 Å². The molecule has 2 aromatic carbocycles. The maximum absolute atomic E-state index is 12.4. The van der Waals surface area contributed by atoms with Crippen molar-refractivity contribution in [2.45, 2.75) is 13.8 Å². The molecule has 0 aromatic heterocycles. The van der Waals surface area contributed by atoms with Gasteiger partial charge in [0, 0.05) is 6.07 Å². The smallest absolute Gasteiger partial charge is 0.346 e. The molecule has 28 heavy (non-hydrogen) atoms. The summed E-state index contributed by atoms with van der Waals surface area (Å²) in [6.07, 6.45) is 0. The van der Waals surface area contributed by atoms with Crippen LogP contribution in [0.15, 0.2) is 30.3 Å². The van der Waals surface area contributed by atoms with E-state index < -0.39 is 23.4 Å². The zero-order valence-electron chi connectivity index (χ0n) is 15.9. The highest BCUT2D eigenvalue weighted by Crippen LogP contribution is 2.29. The SMILES string of the molecule is COc1cccc(OC)c1C(=O)OCC(=O)Nc1cc(C)c(C)cc1[N+](=O)[O-]. The summed E-state index contributed by atoms with van der Waals surface area (Å²) in [5.74, 6) is -1.07. The predicted molar refractivity (Wildman–Crippen MR) is 101 cm³/mol. The summed E-state index contributed by atoms with van der Waals surface area (Å²) in [6, 6.07) is 7.61. The minimum atomic E-state index is -0.820. The van der Waals surface area contributed by atoms with E-state index in [1.165, 1.54) is 26.4 Å². The molecule has 0 radical (unpaired) electrons. The molecule has 2 rings (SSSR count). The van der Waals surface area contributed by atoms with E-state index in [0.29, 0.717) is 0 Å². The van der Waals surface area contributed by atoms with Gasteiger partial charge in [-0.15, -0.1) is 0 Å². The van der Waals surface area contributed by atoms with Crippen LogP contribution in [0.3, 0.4) is 0 Å². The van der Waals surface area contributed by atoms with Gasteiger partial charge in [0.1, 0.15) is 22.7 Å². The maximum atomic E-state index is 12.4. The number of amides is 1. The molecule has 0 spiro atoms. The van der Waals surface area contributed by atoms with Crippen LogP contribution in [0.2, 0.25) is 0 Å². The van der Waals surface area contributed by atoms with E-state index in [-0.39, 0.29) is 28.4 Å². The number of methoxy groups -OCH3 is 2. The van der Waals surface area contributed by atoms with E-state index in [9.17, 15) is 19.7 Å². The minimum Gasteiger partial charge on any atom is -0.496 e. The maximum Gasteiger partial charge on any atom is 0.346 e.